The lowest BCUT2D eigenvalue weighted by Gasteiger charge is -2.26. The molecule has 1 atom stereocenters. The van der Waals surface area contributed by atoms with Gasteiger partial charge in [-0.15, -0.1) is 5.10 Å². The maximum Gasteiger partial charge on any atom is 0.245 e. The second-order valence-electron chi connectivity index (χ2n) is 5.05. The number of hydrogen-bond donors (Lipinski definition) is 0. The minimum atomic E-state index is -0.151. The van der Waals surface area contributed by atoms with Crippen molar-refractivity contribution >= 4 is 16.9 Å². The van der Waals surface area contributed by atoms with Crippen LogP contribution in [0.15, 0.2) is 41.1 Å². The maximum absolute atomic E-state index is 12.4. The van der Waals surface area contributed by atoms with Crippen LogP contribution in [0, 0.1) is 0 Å². The normalized spacial score (nSPS) is 12.5. The molecule has 7 heteroatoms. The molecule has 114 valence electrons. The van der Waals surface area contributed by atoms with Crippen LogP contribution in [0.1, 0.15) is 25.6 Å². The molecule has 0 aliphatic rings. The number of carbonyl (C=O) groups excluding carboxylic acids is 1. The molecule has 0 saturated carbocycles. The molecule has 0 unspecified atom stereocenters. The van der Waals surface area contributed by atoms with Crippen molar-refractivity contribution in [2.45, 2.75) is 26.4 Å². The van der Waals surface area contributed by atoms with Crippen LogP contribution in [0.4, 0.5) is 0 Å². The summed E-state index contributed by atoms with van der Waals surface area (Å²) < 4.78 is 7.27. The van der Waals surface area contributed by atoms with Crippen molar-refractivity contribution in [3.8, 4) is 0 Å². The first-order chi connectivity index (χ1) is 10.7. The van der Waals surface area contributed by atoms with Gasteiger partial charge in [0.25, 0.3) is 0 Å². The van der Waals surface area contributed by atoms with Gasteiger partial charge in [-0.05, 0) is 36.4 Å². The molecule has 0 radical (unpaired) electrons. The van der Waals surface area contributed by atoms with Crippen molar-refractivity contribution < 1.29 is 9.21 Å². The summed E-state index contributed by atoms with van der Waals surface area (Å²) in [5.41, 5.74) is 0.827. The van der Waals surface area contributed by atoms with E-state index in [2.05, 4.69) is 15.5 Å². The van der Waals surface area contributed by atoms with E-state index in [4.69, 9.17) is 4.42 Å². The molecule has 0 aliphatic heterocycles. The smallest absolute Gasteiger partial charge is 0.245 e. The Bertz CT molecular complexity index is 732. The van der Waals surface area contributed by atoms with Gasteiger partial charge in [-0.3, -0.25) is 4.79 Å². The van der Waals surface area contributed by atoms with Crippen LogP contribution in [0.25, 0.3) is 11.0 Å². The molecule has 0 fully saturated rings. The average Bonchev–Trinajstić information content (AvgIpc) is 3.16. The van der Waals surface area contributed by atoms with E-state index in [0.717, 1.165) is 16.7 Å². The van der Waals surface area contributed by atoms with E-state index in [1.807, 2.05) is 44.2 Å². The zero-order valence-corrected chi connectivity index (χ0v) is 12.5. The SMILES string of the molecule is CCN(C(=O)Cn1cnnn1)[C@H](C)c1cc2ccccc2o1. The Morgan fingerprint density at radius 1 is 1.41 bits per heavy atom. The number of para-hydroxylation sites is 1. The summed E-state index contributed by atoms with van der Waals surface area (Å²) in [6, 6.07) is 9.64. The summed E-state index contributed by atoms with van der Waals surface area (Å²) in [6.45, 7) is 4.60. The van der Waals surface area contributed by atoms with Gasteiger partial charge >= 0.3 is 0 Å². The first kappa shape index (κ1) is 14.2. The molecule has 2 heterocycles. The van der Waals surface area contributed by atoms with E-state index in [-0.39, 0.29) is 18.5 Å². The third-order valence-corrected chi connectivity index (χ3v) is 3.67. The molecule has 7 nitrogen and oxygen atoms in total. The molecule has 0 N–H and O–H groups in total. The number of furan rings is 1. The van der Waals surface area contributed by atoms with Gasteiger partial charge in [0.15, 0.2) is 0 Å². The van der Waals surface area contributed by atoms with Crippen LogP contribution in [-0.4, -0.2) is 37.6 Å². The predicted octanol–water partition coefficient (Wildman–Crippen LogP) is 2.03. The second-order valence-corrected chi connectivity index (χ2v) is 5.05. The van der Waals surface area contributed by atoms with Crippen LogP contribution in [0.3, 0.4) is 0 Å². The van der Waals surface area contributed by atoms with E-state index >= 15 is 0 Å². The molecule has 3 rings (SSSR count). The number of rotatable bonds is 5. The summed E-state index contributed by atoms with van der Waals surface area (Å²) >= 11 is 0. The molecule has 22 heavy (non-hydrogen) atoms. The van der Waals surface area contributed by atoms with Crippen molar-refractivity contribution in [3.63, 3.8) is 0 Å². The van der Waals surface area contributed by atoms with Gasteiger partial charge in [-0.25, -0.2) is 4.68 Å². The fraction of sp³-hybridized carbons (Fsp3) is 0.333. The van der Waals surface area contributed by atoms with Crippen LogP contribution in [0.5, 0.6) is 0 Å². The highest BCUT2D eigenvalue weighted by Crippen LogP contribution is 2.27. The third-order valence-electron chi connectivity index (χ3n) is 3.67. The summed E-state index contributed by atoms with van der Waals surface area (Å²) in [5, 5.41) is 11.8. The van der Waals surface area contributed by atoms with Crippen molar-refractivity contribution in [2.75, 3.05) is 6.54 Å². The molecular weight excluding hydrogens is 282 g/mol. The summed E-state index contributed by atoms with van der Waals surface area (Å²) in [5.74, 6) is 0.718. The number of amides is 1. The molecule has 1 aromatic carbocycles. The topological polar surface area (TPSA) is 77.1 Å². The third kappa shape index (κ3) is 2.69. The molecule has 0 spiro atoms. The Morgan fingerprint density at radius 3 is 2.91 bits per heavy atom. The Balaban J connectivity index is 1.81. The molecule has 0 aliphatic carbocycles. The fourth-order valence-corrected chi connectivity index (χ4v) is 2.51. The zero-order chi connectivity index (χ0) is 15.5. The number of carbonyl (C=O) groups is 1. The summed E-state index contributed by atoms with van der Waals surface area (Å²) in [4.78, 5) is 14.2. The number of benzene rings is 1. The van der Waals surface area contributed by atoms with E-state index in [9.17, 15) is 4.79 Å². The van der Waals surface area contributed by atoms with Crippen molar-refractivity contribution in [2.24, 2.45) is 0 Å². The van der Waals surface area contributed by atoms with Crippen molar-refractivity contribution in [1.29, 1.82) is 0 Å². The van der Waals surface area contributed by atoms with Gasteiger partial charge in [-0.2, -0.15) is 0 Å². The maximum atomic E-state index is 12.4. The second kappa shape index (κ2) is 5.97. The van der Waals surface area contributed by atoms with Crippen LogP contribution < -0.4 is 0 Å². The molecule has 0 bridgehead atoms. The molecule has 3 aromatic rings. The Hall–Kier alpha value is -2.70. The quantitative estimate of drug-likeness (QED) is 0.720. The minimum absolute atomic E-state index is 0.0530. The molecule has 0 saturated heterocycles. The molecule has 1 amide bonds. The van der Waals surface area contributed by atoms with Gasteiger partial charge < -0.3 is 9.32 Å². The Labute approximate surface area is 127 Å². The minimum Gasteiger partial charge on any atom is -0.459 e. The fourth-order valence-electron chi connectivity index (χ4n) is 2.51. The lowest BCUT2D eigenvalue weighted by atomic mass is 10.2. The number of tetrazole rings is 1. The molecule has 2 aromatic heterocycles. The van der Waals surface area contributed by atoms with Gasteiger partial charge in [-0.1, -0.05) is 18.2 Å². The van der Waals surface area contributed by atoms with E-state index in [1.54, 1.807) is 4.90 Å². The largest absolute Gasteiger partial charge is 0.459 e. The van der Waals surface area contributed by atoms with E-state index in [1.165, 1.54) is 11.0 Å². The first-order valence-corrected chi connectivity index (χ1v) is 7.17. The van der Waals surface area contributed by atoms with Gasteiger partial charge in [0, 0.05) is 11.9 Å². The summed E-state index contributed by atoms with van der Waals surface area (Å²) in [6.07, 6.45) is 1.43. The van der Waals surface area contributed by atoms with E-state index < -0.39 is 0 Å². The van der Waals surface area contributed by atoms with Crippen molar-refractivity contribution in [1.82, 2.24) is 25.1 Å². The number of likely N-dealkylation sites (N-methyl/N-ethyl adjacent to an activating group) is 1. The zero-order valence-electron chi connectivity index (χ0n) is 12.5. The van der Waals surface area contributed by atoms with Gasteiger partial charge in [0.05, 0.1) is 6.04 Å². The van der Waals surface area contributed by atoms with Gasteiger partial charge in [0.2, 0.25) is 5.91 Å². The lowest BCUT2D eigenvalue weighted by Crippen LogP contribution is -2.35. The van der Waals surface area contributed by atoms with Gasteiger partial charge in [0.1, 0.15) is 24.2 Å². The predicted molar refractivity (Wildman–Crippen MR) is 79.8 cm³/mol. The number of nitrogens with zero attached hydrogens (tertiary/aromatic N) is 5. The summed E-state index contributed by atoms with van der Waals surface area (Å²) in [7, 11) is 0. The van der Waals surface area contributed by atoms with E-state index in [0.29, 0.717) is 6.54 Å². The standard InChI is InChI=1S/C15H17N5O2/c1-3-20(15(21)9-19-10-16-17-18-19)11(2)14-8-12-6-4-5-7-13(12)22-14/h4-8,10-11H,3,9H2,1-2H3/t11-/m1/s1. The highest BCUT2D eigenvalue weighted by atomic mass is 16.3. The monoisotopic (exact) mass is 299 g/mol. The van der Waals surface area contributed by atoms with Crippen LogP contribution >= 0.6 is 0 Å². The Morgan fingerprint density at radius 2 is 2.23 bits per heavy atom. The van der Waals surface area contributed by atoms with Crippen LogP contribution in [-0.2, 0) is 11.3 Å². The highest BCUT2D eigenvalue weighted by Gasteiger charge is 2.23. The van der Waals surface area contributed by atoms with Crippen LogP contribution in [0.2, 0.25) is 0 Å². The number of aromatic nitrogens is 4. The average molecular weight is 299 g/mol. The molecular formula is C15H17N5O2. The van der Waals surface area contributed by atoms with Crippen molar-refractivity contribution in [3.05, 3.63) is 42.4 Å². The number of hydrogen-bond acceptors (Lipinski definition) is 5. The number of fused-ring (bicyclic) bond motifs is 1. The Kier molecular flexibility index (Phi) is 3.86. The lowest BCUT2D eigenvalue weighted by molar-refractivity contribution is -0.134. The first-order valence-electron chi connectivity index (χ1n) is 7.17. The highest BCUT2D eigenvalue weighted by molar-refractivity contribution is 5.79.